The van der Waals surface area contributed by atoms with Crippen LogP contribution in [0.1, 0.15) is 36.7 Å². The van der Waals surface area contributed by atoms with Gasteiger partial charge in [-0.3, -0.25) is 4.79 Å². The topological polar surface area (TPSA) is 66.0 Å². The molecule has 1 aromatic heterocycles. The van der Waals surface area contributed by atoms with E-state index < -0.39 is 0 Å². The van der Waals surface area contributed by atoms with Crippen molar-refractivity contribution in [3.63, 3.8) is 0 Å². The van der Waals surface area contributed by atoms with E-state index in [9.17, 15) is 9.90 Å². The maximum Gasteiger partial charge on any atom is 0.258 e. The van der Waals surface area contributed by atoms with E-state index in [-0.39, 0.29) is 17.4 Å². The Morgan fingerprint density at radius 1 is 1.42 bits per heavy atom. The normalized spacial score (nSPS) is 10.9. The summed E-state index contributed by atoms with van der Waals surface area (Å²) in [5.41, 5.74) is 0.946. The fraction of sp³-hybridized carbons (Fsp3) is 0.286. The van der Waals surface area contributed by atoms with Crippen molar-refractivity contribution in [2.75, 3.05) is 0 Å². The van der Waals surface area contributed by atoms with Gasteiger partial charge in [-0.25, -0.2) is 0 Å². The first-order valence-electron chi connectivity index (χ1n) is 6.04. The van der Waals surface area contributed by atoms with Crippen LogP contribution in [0.2, 0.25) is 5.02 Å². The molecule has 2 aromatic rings. The Bertz CT molecular complexity index is 650. The van der Waals surface area contributed by atoms with Crippen molar-refractivity contribution in [2.45, 2.75) is 26.2 Å². The highest BCUT2D eigenvalue weighted by Gasteiger charge is 2.14. The number of hydrogen-bond donors (Lipinski definition) is 2. The van der Waals surface area contributed by atoms with Crippen LogP contribution in [-0.4, -0.2) is 15.1 Å². The van der Waals surface area contributed by atoms with E-state index in [1.807, 2.05) is 26.0 Å². The molecule has 4 nitrogen and oxygen atoms in total. The summed E-state index contributed by atoms with van der Waals surface area (Å²) in [6.45, 7) is 3.67. The highest BCUT2D eigenvalue weighted by molar-refractivity contribution is 6.30. The van der Waals surface area contributed by atoms with E-state index in [2.05, 4.69) is 9.97 Å². The SMILES string of the molecule is CC(C)c1c(O)nc(Cc2cccc(Cl)c2)[nH]c1=O. The number of nitrogens with one attached hydrogen (secondary N) is 1. The summed E-state index contributed by atoms with van der Waals surface area (Å²) in [6.07, 6.45) is 0.418. The van der Waals surface area contributed by atoms with Gasteiger partial charge in [-0.05, 0) is 23.6 Å². The van der Waals surface area contributed by atoms with Crippen LogP contribution in [0.3, 0.4) is 0 Å². The van der Waals surface area contributed by atoms with Crippen molar-refractivity contribution < 1.29 is 5.11 Å². The van der Waals surface area contributed by atoms with Gasteiger partial charge >= 0.3 is 0 Å². The summed E-state index contributed by atoms with van der Waals surface area (Å²) >= 11 is 5.90. The highest BCUT2D eigenvalue weighted by Crippen LogP contribution is 2.19. The Labute approximate surface area is 116 Å². The first-order valence-corrected chi connectivity index (χ1v) is 6.41. The van der Waals surface area contributed by atoms with Crippen LogP contribution in [0, 0.1) is 0 Å². The lowest BCUT2D eigenvalue weighted by Crippen LogP contribution is -2.18. The van der Waals surface area contributed by atoms with Gasteiger partial charge < -0.3 is 10.1 Å². The van der Waals surface area contributed by atoms with E-state index in [0.29, 0.717) is 22.8 Å². The third kappa shape index (κ3) is 3.15. The van der Waals surface area contributed by atoms with Gasteiger partial charge in [0.2, 0.25) is 5.88 Å². The Balaban J connectivity index is 2.35. The molecule has 0 aliphatic carbocycles. The number of benzene rings is 1. The van der Waals surface area contributed by atoms with E-state index in [1.54, 1.807) is 12.1 Å². The lowest BCUT2D eigenvalue weighted by Gasteiger charge is -2.08. The predicted octanol–water partition coefficient (Wildman–Crippen LogP) is 2.84. The predicted molar refractivity (Wildman–Crippen MR) is 74.9 cm³/mol. The monoisotopic (exact) mass is 278 g/mol. The lowest BCUT2D eigenvalue weighted by atomic mass is 10.1. The molecule has 19 heavy (non-hydrogen) atoms. The Kier molecular flexibility index (Phi) is 3.90. The Morgan fingerprint density at radius 3 is 2.74 bits per heavy atom. The largest absolute Gasteiger partial charge is 0.493 e. The molecule has 0 bridgehead atoms. The average Bonchev–Trinajstić information content (AvgIpc) is 2.27. The van der Waals surface area contributed by atoms with E-state index in [0.717, 1.165) is 5.56 Å². The third-order valence-corrected chi connectivity index (χ3v) is 3.06. The minimum absolute atomic E-state index is 0.0727. The molecule has 0 radical (unpaired) electrons. The molecule has 0 saturated carbocycles. The van der Waals surface area contributed by atoms with E-state index in [4.69, 9.17) is 11.6 Å². The molecule has 0 fully saturated rings. The van der Waals surface area contributed by atoms with Gasteiger partial charge in [0.15, 0.2) is 0 Å². The number of H-pyrrole nitrogens is 1. The van der Waals surface area contributed by atoms with E-state index >= 15 is 0 Å². The summed E-state index contributed by atoms with van der Waals surface area (Å²) < 4.78 is 0. The highest BCUT2D eigenvalue weighted by atomic mass is 35.5. The summed E-state index contributed by atoms with van der Waals surface area (Å²) in [7, 11) is 0. The van der Waals surface area contributed by atoms with Crippen LogP contribution in [-0.2, 0) is 6.42 Å². The maximum absolute atomic E-state index is 11.9. The van der Waals surface area contributed by atoms with Gasteiger partial charge in [0.05, 0.1) is 5.56 Å². The van der Waals surface area contributed by atoms with Gasteiger partial charge in [0.1, 0.15) is 5.82 Å². The second kappa shape index (κ2) is 5.45. The van der Waals surface area contributed by atoms with Crippen LogP contribution >= 0.6 is 11.6 Å². The molecule has 0 unspecified atom stereocenters. The summed E-state index contributed by atoms with van der Waals surface area (Å²) in [5.74, 6) is 0.154. The van der Waals surface area contributed by atoms with Gasteiger partial charge in [-0.1, -0.05) is 37.6 Å². The summed E-state index contributed by atoms with van der Waals surface area (Å²) in [4.78, 5) is 18.6. The number of rotatable bonds is 3. The Morgan fingerprint density at radius 2 is 2.16 bits per heavy atom. The van der Waals surface area contributed by atoms with Crippen molar-refractivity contribution >= 4 is 11.6 Å². The zero-order chi connectivity index (χ0) is 14.0. The van der Waals surface area contributed by atoms with Crippen LogP contribution in [0.4, 0.5) is 0 Å². The molecule has 2 N–H and O–H groups in total. The molecule has 1 aromatic carbocycles. The van der Waals surface area contributed by atoms with Crippen molar-refractivity contribution in [3.8, 4) is 5.88 Å². The molecule has 2 rings (SSSR count). The number of halogens is 1. The molecule has 0 aliphatic rings. The van der Waals surface area contributed by atoms with Crippen LogP contribution in [0.25, 0.3) is 0 Å². The summed E-state index contributed by atoms with van der Waals surface area (Å²) in [5, 5.41) is 10.4. The van der Waals surface area contributed by atoms with Gasteiger partial charge in [0, 0.05) is 11.4 Å². The molecule has 0 saturated heterocycles. The second-order valence-corrected chi connectivity index (χ2v) is 5.15. The summed E-state index contributed by atoms with van der Waals surface area (Å²) in [6, 6.07) is 7.30. The van der Waals surface area contributed by atoms with Crippen molar-refractivity contribution in [3.05, 3.63) is 56.6 Å². The molecule has 100 valence electrons. The first kappa shape index (κ1) is 13.6. The lowest BCUT2D eigenvalue weighted by molar-refractivity contribution is 0.436. The zero-order valence-corrected chi connectivity index (χ0v) is 11.5. The molecular weight excluding hydrogens is 264 g/mol. The van der Waals surface area contributed by atoms with Gasteiger partial charge in [0.25, 0.3) is 5.56 Å². The van der Waals surface area contributed by atoms with Crippen molar-refractivity contribution in [1.29, 1.82) is 0 Å². The molecular formula is C14H15ClN2O2. The second-order valence-electron chi connectivity index (χ2n) is 4.71. The Hall–Kier alpha value is -1.81. The van der Waals surface area contributed by atoms with Gasteiger partial charge in [-0.15, -0.1) is 0 Å². The average molecular weight is 279 g/mol. The van der Waals surface area contributed by atoms with E-state index in [1.165, 1.54) is 0 Å². The molecule has 0 amide bonds. The molecule has 5 heteroatoms. The minimum atomic E-state index is -0.292. The number of aromatic amines is 1. The fourth-order valence-electron chi connectivity index (χ4n) is 1.96. The first-order chi connectivity index (χ1) is 8.97. The fourth-order valence-corrected chi connectivity index (χ4v) is 2.17. The zero-order valence-electron chi connectivity index (χ0n) is 10.8. The van der Waals surface area contributed by atoms with Crippen molar-refractivity contribution in [2.24, 2.45) is 0 Å². The van der Waals surface area contributed by atoms with Crippen LogP contribution in [0.5, 0.6) is 5.88 Å². The molecule has 0 aliphatic heterocycles. The number of aromatic nitrogens is 2. The number of aromatic hydroxyl groups is 1. The minimum Gasteiger partial charge on any atom is -0.493 e. The molecule has 0 spiro atoms. The standard InChI is InChI=1S/C14H15ClN2O2/c1-8(2)12-13(18)16-11(17-14(12)19)7-9-4-3-5-10(15)6-9/h3-6,8H,7H2,1-2H3,(H2,16,17,18,19). The smallest absolute Gasteiger partial charge is 0.258 e. The van der Waals surface area contributed by atoms with Gasteiger partial charge in [-0.2, -0.15) is 4.98 Å². The molecule has 1 heterocycles. The third-order valence-electron chi connectivity index (χ3n) is 2.82. The number of nitrogens with zero attached hydrogens (tertiary/aromatic N) is 1. The number of hydrogen-bond acceptors (Lipinski definition) is 3. The quantitative estimate of drug-likeness (QED) is 0.907. The molecule has 0 atom stereocenters. The van der Waals surface area contributed by atoms with Crippen molar-refractivity contribution in [1.82, 2.24) is 9.97 Å². The van der Waals surface area contributed by atoms with Crippen LogP contribution in [0.15, 0.2) is 29.1 Å². The maximum atomic E-state index is 11.9. The van der Waals surface area contributed by atoms with Crippen LogP contribution < -0.4 is 5.56 Å².